The Hall–Kier alpha value is -2.40. The van der Waals surface area contributed by atoms with Crippen molar-refractivity contribution in [2.45, 2.75) is 4.90 Å². The van der Waals surface area contributed by atoms with Gasteiger partial charge in [0.25, 0.3) is 0 Å². The molecule has 0 aromatic heterocycles. The minimum atomic E-state index is -3.72. The lowest BCUT2D eigenvalue weighted by molar-refractivity contribution is 0.0997. The molecule has 102 valence electrons. The Morgan fingerprint density at radius 3 is 2.20 bits per heavy atom. The maximum absolute atomic E-state index is 12.2. The number of sulfone groups is 1. The maximum Gasteiger partial charge on any atom is 0.250 e. The topological polar surface area (TPSA) is 77.2 Å². The fourth-order valence-electron chi connectivity index (χ4n) is 1.72. The molecule has 0 aliphatic rings. The number of primary amides is 1. The molecule has 2 rings (SSSR count). The molecule has 0 bridgehead atoms. The number of hydrogen-bond donors (Lipinski definition) is 1. The first-order chi connectivity index (χ1) is 9.50. The number of rotatable bonds is 4. The van der Waals surface area contributed by atoms with E-state index in [1.165, 1.54) is 18.2 Å². The van der Waals surface area contributed by atoms with Crippen LogP contribution in [0, 0.1) is 0 Å². The van der Waals surface area contributed by atoms with Crippen molar-refractivity contribution in [1.29, 1.82) is 0 Å². The van der Waals surface area contributed by atoms with Crippen molar-refractivity contribution in [2.75, 3.05) is 0 Å². The molecule has 20 heavy (non-hydrogen) atoms. The molecule has 0 spiro atoms. The van der Waals surface area contributed by atoms with Gasteiger partial charge in [-0.15, -0.1) is 0 Å². The number of carbonyl (C=O) groups is 1. The van der Waals surface area contributed by atoms with Crippen LogP contribution in [0.15, 0.2) is 64.9 Å². The molecule has 2 aromatic carbocycles. The lowest BCUT2D eigenvalue weighted by Gasteiger charge is -2.04. The lowest BCUT2D eigenvalue weighted by atomic mass is 10.2. The van der Waals surface area contributed by atoms with Crippen molar-refractivity contribution in [3.8, 4) is 0 Å². The Morgan fingerprint density at radius 2 is 1.55 bits per heavy atom. The Kier molecular flexibility index (Phi) is 4.00. The van der Waals surface area contributed by atoms with Crippen LogP contribution in [0.3, 0.4) is 0 Å². The Labute approximate surface area is 117 Å². The van der Waals surface area contributed by atoms with E-state index in [1.807, 2.05) is 18.2 Å². The summed E-state index contributed by atoms with van der Waals surface area (Å²) in [5, 5.41) is 1.07. The zero-order chi connectivity index (χ0) is 14.6. The van der Waals surface area contributed by atoms with Crippen molar-refractivity contribution in [2.24, 2.45) is 5.73 Å². The molecule has 5 heteroatoms. The van der Waals surface area contributed by atoms with Crippen LogP contribution >= 0.6 is 0 Å². The van der Waals surface area contributed by atoms with Crippen LogP contribution in [0.2, 0.25) is 0 Å². The van der Waals surface area contributed by atoms with Crippen LogP contribution in [0.4, 0.5) is 0 Å². The molecule has 0 fully saturated rings. The summed E-state index contributed by atoms with van der Waals surface area (Å²) in [7, 11) is -3.72. The summed E-state index contributed by atoms with van der Waals surface area (Å²) < 4.78 is 24.5. The van der Waals surface area contributed by atoms with E-state index in [9.17, 15) is 13.2 Å². The van der Waals surface area contributed by atoms with E-state index >= 15 is 0 Å². The molecular formula is C15H13NO3S. The van der Waals surface area contributed by atoms with Crippen LogP contribution in [0.1, 0.15) is 15.9 Å². The van der Waals surface area contributed by atoms with Gasteiger partial charge in [-0.1, -0.05) is 42.5 Å². The quantitative estimate of drug-likeness (QED) is 0.936. The molecule has 0 aliphatic carbocycles. The maximum atomic E-state index is 12.2. The van der Waals surface area contributed by atoms with Crippen molar-refractivity contribution in [3.63, 3.8) is 0 Å². The van der Waals surface area contributed by atoms with Crippen molar-refractivity contribution < 1.29 is 13.2 Å². The van der Waals surface area contributed by atoms with E-state index in [1.54, 1.807) is 24.3 Å². The fourth-order valence-corrected chi connectivity index (χ4v) is 2.95. The smallest absolute Gasteiger partial charge is 0.250 e. The second-order valence-corrected chi connectivity index (χ2v) is 5.92. The van der Waals surface area contributed by atoms with Crippen LogP contribution in [-0.2, 0) is 9.84 Å². The van der Waals surface area contributed by atoms with E-state index < -0.39 is 15.7 Å². The molecule has 0 atom stereocenters. The minimum Gasteiger partial charge on any atom is -0.366 e. The molecule has 0 saturated heterocycles. The number of nitrogens with two attached hydrogens (primary N) is 1. The van der Waals surface area contributed by atoms with Gasteiger partial charge in [-0.3, -0.25) is 4.79 Å². The second-order valence-electron chi connectivity index (χ2n) is 4.12. The molecule has 2 N–H and O–H groups in total. The highest BCUT2D eigenvalue weighted by molar-refractivity contribution is 7.94. The number of hydrogen-bond acceptors (Lipinski definition) is 3. The zero-order valence-corrected chi connectivity index (χ0v) is 11.4. The Balaban J connectivity index is 2.42. The summed E-state index contributed by atoms with van der Waals surface area (Å²) in [4.78, 5) is 11.2. The van der Waals surface area contributed by atoms with E-state index in [0.717, 1.165) is 11.0 Å². The average Bonchev–Trinajstić information content (AvgIpc) is 2.46. The Morgan fingerprint density at radius 1 is 0.950 bits per heavy atom. The van der Waals surface area contributed by atoms with Gasteiger partial charge in [-0.25, -0.2) is 8.42 Å². The lowest BCUT2D eigenvalue weighted by Crippen LogP contribution is -2.15. The van der Waals surface area contributed by atoms with E-state index in [0.29, 0.717) is 0 Å². The summed E-state index contributed by atoms with van der Waals surface area (Å²) in [5.41, 5.74) is 5.94. The highest BCUT2D eigenvalue weighted by atomic mass is 32.2. The van der Waals surface area contributed by atoms with Crippen molar-refractivity contribution >= 4 is 21.8 Å². The zero-order valence-electron chi connectivity index (χ0n) is 10.6. The molecule has 0 unspecified atom stereocenters. The van der Waals surface area contributed by atoms with E-state index in [-0.39, 0.29) is 10.5 Å². The van der Waals surface area contributed by atoms with Crippen molar-refractivity contribution in [3.05, 3.63) is 71.1 Å². The first-order valence-corrected chi connectivity index (χ1v) is 7.42. The van der Waals surface area contributed by atoms with Gasteiger partial charge in [0, 0.05) is 5.41 Å². The van der Waals surface area contributed by atoms with E-state index in [4.69, 9.17) is 5.73 Å². The van der Waals surface area contributed by atoms with Gasteiger partial charge in [0.2, 0.25) is 15.7 Å². The summed E-state index contributed by atoms with van der Waals surface area (Å²) in [6.45, 7) is 0. The molecule has 1 amide bonds. The highest BCUT2D eigenvalue weighted by Gasteiger charge is 2.17. The monoisotopic (exact) mass is 287 g/mol. The fraction of sp³-hybridized carbons (Fsp3) is 0. The van der Waals surface area contributed by atoms with Gasteiger partial charge in [0.1, 0.15) is 0 Å². The van der Waals surface area contributed by atoms with Gasteiger partial charge in [0.05, 0.1) is 10.5 Å². The molecular weight excluding hydrogens is 274 g/mol. The van der Waals surface area contributed by atoms with Crippen LogP contribution in [-0.4, -0.2) is 14.3 Å². The van der Waals surface area contributed by atoms with E-state index in [2.05, 4.69) is 0 Å². The predicted octanol–water partition coefficient (Wildman–Crippen LogP) is 2.23. The molecule has 2 aromatic rings. The SMILES string of the molecule is NC(=O)c1ccccc1S(=O)(=O)C=Cc1ccccc1. The number of benzene rings is 2. The molecule has 4 nitrogen and oxygen atoms in total. The minimum absolute atomic E-state index is 0.00906. The largest absolute Gasteiger partial charge is 0.366 e. The standard InChI is InChI=1S/C15H13NO3S/c16-15(17)13-8-4-5-9-14(13)20(18,19)11-10-12-6-2-1-3-7-12/h1-11H,(H2,16,17). The predicted molar refractivity (Wildman–Crippen MR) is 77.6 cm³/mol. The third kappa shape index (κ3) is 3.13. The van der Waals surface area contributed by atoms with Gasteiger partial charge < -0.3 is 5.73 Å². The summed E-state index contributed by atoms with van der Waals surface area (Å²) >= 11 is 0. The first kappa shape index (κ1) is 14.0. The van der Waals surface area contributed by atoms with Gasteiger partial charge in [0.15, 0.2) is 0 Å². The normalized spacial score (nSPS) is 11.6. The third-order valence-corrected chi connectivity index (χ3v) is 4.16. The molecule has 0 aliphatic heterocycles. The van der Waals surface area contributed by atoms with Gasteiger partial charge in [-0.2, -0.15) is 0 Å². The highest BCUT2D eigenvalue weighted by Crippen LogP contribution is 2.18. The third-order valence-electron chi connectivity index (χ3n) is 2.70. The number of carbonyl (C=O) groups excluding carboxylic acids is 1. The summed E-state index contributed by atoms with van der Waals surface area (Å²) in [6, 6.07) is 14.9. The van der Waals surface area contributed by atoms with Gasteiger partial charge in [-0.05, 0) is 23.8 Å². The van der Waals surface area contributed by atoms with Crippen molar-refractivity contribution in [1.82, 2.24) is 0 Å². The van der Waals surface area contributed by atoms with Crippen LogP contribution < -0.4 is 5.73 Å². The first-order valence-electron chi connectivity index (χ1n) is 5.88. The summed E-state index contributed by atoms with van der Waals surface area (Å²) in [6.07, 6.45) is 1.48. The Bertz CT molecular complexity index is 750. The molecule has 0 heterocycles. The number of amides is 1. The molecule has 0 saturated carbocycles. The summed E-state index contributed by atoms with van der Waals surface area (Å²) in [5.74, 6) is -0.766. The molecule has 0 radical (unpaired) electrons. The van der Waals surface area contributed by atoms with Gasteiger partial charge >= 0.3 is 0 Å². The van der Waals surface area contributed by atoms with Crippen LogP contribution in [0.25, 0.3) is 6.08 Å². The van der Waals surface area contributed by atoms with Crippen LogP contribution in [0.5, 0.6) is 0 Å². The second kappa shape index (κ2) is 5.71. The average molecular weight is 287 g/mol.